The van der Waals surface area contributed by atoms with Crippen molar-refractivity contribution in [3.63, 3.8) is 0 Å². The average molecular weight is 334 g/mol. The number of aryl methyl sites for hydroxylation is 1. The van der Waals surface area contributed by atoms with Gasteiger partial charge < -0.3 is 15.6 Å². The molecule has 1 aromatic heterocycles. The summed E-state index contributed by atoms with van der Waals surface area (Å²) in [5.41, 5.74) is 3.88. The van der Waals surface area contributed by atoms with Crippen LogP contribution in [0.3, 0.4) is 0 Å². The fourth-order valence-corrected chi connectivity index (χ4v) is 2.45. The van der Waals surface area contributed by atoms with E-state index in [4.69, 9.17) is 0 Å². The summed E-state index contributed by atoms with van der Waals surface area (Å²) >= 11 is 0. The molecule has 3 rings (SSSR count). The van der Waals surface area contributed by atoms with Gasteiger partial charge in [-0.25, -0.2) is 4.98 Å². The second-order valence-corrected chi connectivity index (χ2v) is 5.55. The molecule has 0 atom stereocenters. The monoisotopic (exact) mass is 334 g/mol. The third-order valence-corrected chi connectivity index (χ3v) is 3.70. The number of carbonyl (C=O) groups excluding carboxylic acids is 2. The van der Waals surface area contributed by atoms with Crippen LogP contribution in [0.15, 0.2) is 60.9 Å². The summed E-state index contributed by atoms with van der Waals surface area (Å²) in [7, 11) is 0. The summed E-state index contributed by atoms with van der Waals surface area (Å²) in [5.74, 6) is -0.572. The molecule has 0 aliphatic rings. The van der Waals surface area contributed by atoms with E-state index in [0.29, 0.717) is 11.3 Å². The largest absolute Gasteiger partial charge is 0.348 e. The zero-order chi connectivity index (χ0) is 17.6. The van der Waals surface area contributed by atoms with Crippen LogP contribution < -0.4 is 10.6 Å². The second-order valence-electron chi connectivity index (χ2n) is 5.55. The van der Waals surface area contributed by atoms with Crippen LogP contribution in [-0.4, -0.2) is 28.3 Å². The Hall–Kier alpha value is -3.41. The highest BCUT2D eigenvalue weighted by Gasteiger charge is 2.09. The topological polar surface area (TPSA) is 86.9 Å². The molecule has 0 unspecified atom stereocenters. The van der Waals surface area contributed by atoms with Gasteiger partial charge in [-0.05, 0) is 31.2 Å². The van der Waals surface area contributed by atoms with E-state index in [0.717, 1.165) is 17.0 Å². The van der Waals surface area contributed by atoms with Gasteiger partial charge >= 0.3 is 0 Å². The smallest absolute Gasteiger partial charge is 0.251 e. The van der Waals surface area contributed by atoms with Crippen LogP contribution in [0.25, 0.3) is 11.3 Å². The molecule has 0 saturated carbocycles. The summed E-state index contributed by atoms with van der Waals surface area (Å²) in [6.45, 7) is 1.84. The lowest BCUT2D eigenvalue weighted by Gasteiger charge is -2.08. The van der Waals surface area contributed by atoms with E-state index < -0.39 is 0 Å². The van der Waals surface area contributed by atoms with Gasteiger partial charge in [0.05, 0.1) is 18.6 Å². The summed E-state index contributed by atoms with van der Waals surface area (Å²) in [6.07, 6.45) is 1.63. The van der Waals surface area contributed by atoms with Crippen molar-refractivity contribution in [2.24, 2.45) is 0 Å². The first kappa shape index (κ1) is 16.4. The van der Waals surface area contributed by atoms with Gasteiger partial charge in [-0.3, -0.25) is 9.59 Å². The van der Waals surface area contributed by atoms with Crippen LogP contribution in [0.2, 0.25) is 0 Å². The maximum Gasteiger partial charge on any atom is 0.251 e. The molecule has 0 radical (unpaired) electrons. The molecule has 3 aromatic rings. The van der Waals surface area contributed by atoms with Crippen LogP contribution >= 0.6 is 0 Å². The van der Waals surface area contributed by atoms with Crippen LogP contribution in [0, 0.1) is 6.92 Å². The molecule has 3 N–H and O–H groups in total. The minimum Gasteiger partial charge on any atom is -0.348 e. The Morgan fingerprint density at radius 3 is 2.60 bits per heavy atom. The van der Waals surface area contributed by atoms with Gasteiger partial charge in [0.2, 0.25) is 5.91 Å². The molecule has 0 aliphatic carbocycles. The van der Waals surface area contributed by atoms with E-state index in [2.05, 4.69) is 20.6 Å². The number of imidazole rings is 1. The quantitative estimate of drug-likeness (QED) is 0.670. The molecule has 2 amide bonds. The van der Waals surface area contributed by atoms with E-state index in [9.17, 15) is 9.59 Å². The normalized spacial score (nSPS) is 10.3. The maximum atomic E-state index is 12.1. The van der Waals surface area contributed by atoms with Gasteiger partial charge in [0, 0.05) is 22.5 Å². The van der Waals surface area contributed by atoms with Crippen molar-refractivity contribution < 1.29 is 9.59 Å². The fourth-order valence-electron chi connectivity index (χ4n) is 2.45. The summed E-state index contributed by atoms with van der Waals surface area (Å²) < 4.78 is 0. The first-order valence-electron chi connectivity index (χ1n) is 7.87. The Bertz CT molecular complexity index is 887. The lowest BCUT2D eigenvalue weighted by molar-refractivity contribution is -0.115. The number of aromatic amines is 1. The number of amides is 2. The molecule has 126 valence electrons. The van der Waals surface area contributed by atoms with Crippen LogP contribution in [0.4, 0.5) is 5.69 Å². The molecule has 0 aliphatic heterocycles. The zero-order valence-corrected chi connectivity index (χ0v) is 13.7. The van der Waals surface area contributed by atoms with Crippen molar-refractivity contribution in [1.82, 2.24) is 15.3 Å². The fraction of sp³-hybridized carbons (Fsp3) is 0.105. The number of carbonyl (C=O) groups is 2. The van der Waals surface area contributed by atoms with Gasteiger partial charge in [0.25, 0.3) is 5.91 Å². The number of anilines is 1. The third-order valence-electron chi connectivity index (χ3n) is 3.70. The molecule has 1 heterocycles. The van der Waals surface area contributed by atoms with E-state index in [1.165, 1.54) is 0 Å². The number of benzene rings is 2. The van der Waals surface area contributed by atoms with Gasteiger partial charge in [-0.2, -0.15) is 0 Å². The van der Waals surface area contributed by atoms with Crippen molar-refractivity contribution in [2.45, 2.75) is 6.92 Å². The Labute approximate surface area is 145 Å². The van der Waals surface area contributed by atoms with E-state index in [1.807, 2.05) is 31.2 Å². The molecule has 0 saturated heterocycles. The van der Waals surface area contributed by atoms with Crippen LogP contribution in [-0.2, 0) is 4.79 Å². The van der Waals surface area contributed by atoms with Crippen molar-refractivity contribution in [3.05, 3.63) is 72.2 Å². The molecule has 2 aromatic carbocycles. The Morgan fingerprint density at radius 2 is 1.88 bits per heavy atom. The van der Waals surface area contributed by atoms with E-state index in [-0.39, 0.29) is 18.4 Å². The standard InChI is InChI=1S/C19H18N4O2/c1-13-18(22-12-21-13)15-8-5-9-16(10-15)23-17(24)11-20-19(25)14-6-3-2-4-7-14/h2-10,12H,11H2,1H3,(H,20,25)(H,21,22)(H,23,24). The number of H-pyrrole nitrogens is 1. The summed E-state index contributed by atoms with van der Waals surface area (Å²) in [4.78, 5) is 31.3. The van der Waals surface area contributed by atoms with Gasteiger partial charge in [0.15, 0.2) is 0 Å². The molecular formula is C19H18N4O2. The van der Waals surface area contributed by atoms with Crippen molar-refractivity contribution >= 4 is 17.5 Å². The number of nitrogens with zero attached hydrogens (tertiary/aromatic N) is 1. The van der Waals surface area contributed by atoms with Crippen molar-refractivity contribution in [3.8, 4) is 11.3 Å². The predicted molar refractivity (Wildman–Crippen MR) is 96.2 cm³/mol. The average Bonchev–Trinajstić information content (AvgIpc) is 3.06. The highest BCUT2D eigenvalue weighted by atomic mass is 16.2. The first-order valence-corrected chi connectivity index (χ1v) is 7.87. The predicted octanol–water partition coefficient (Wildman–Crippen LogP) is 2.75. The Kier molecular flexibility index (Phi) is 4.89. The zero-order valence-electron chi connectivity index (χ0n) is 13.7. The van der Waals surface area contributed by atoms with E-state index in [1.54, 1.807) is 36.7 Å². The van der Waals surface area contributed by atoms with Crippen molar-refractivity contribution in [1.29, 1.82) is 0 Å². The van der Waals surface area contributed by atoms with Gasteiger partial charge in [0.1, 0.15) is 0 Å². The first-order chi connectivity index (χ1) is 12.1. The highest BCUT2D eigenvalue weighted by molar-refractivity contribution is 5.99. The Balaban J connectivity index is 1.60. The minimum atomic E-state index is -0.291. The molecular weight excluding hydrogens is 316 g/mol. The number of aromatic nitrogens is 2. The SMILES string of the molecule is Cc1[nH]cnc1-c1cccc(NC(=O)CNC(=O)c2ccccc2)c1. The molecule has 0 fully saturated rings. The Morgan fingerprint density at radius 1 is 1.08 bits per heavy atom. The maximum absolute atomic E-state index is 12.1. The third kappa shape index (κ3) is 4.11. The van der Waals surface area contributed by atoms with E-state index >= 15 is 0 Å². The molecule has 25 heavy (non-hydrogen) atoms. The molecule has 0 spiro atoms. The lowest BCUT2D eigenvalue weighted by Crippen LogP contribution is -2.32. The molecule has 6 nitrogen and oxygen atoms in total. The summed E-state index contributed by atoms with van der Waals surface area (Å²) in [6, 6.07) is 16.2. The van der Waals surface area contributed by atoms with Crippen LogP contribution in [0.1, 0.15) is 16.1 Å². The number of rotatable bonds is 5. The summed E-state index contributed by atoms with van der Waals surface area (Å²) in [5, 5.41) is 5.38. The molecule has 0 bridgehead atoms. The highest BCUT2D eigenvalue weighted by Crippen LogP contribution is 2.22. The number of hydrogen-bond acceptors (Lipinski definition) is 3. The van der Waals surface area contributed by atoms with Gasteiger partial charge in [-0.15, -0.1) is 0 Å². The number of hydrogen-bond donors (Lipinski definition) is 3. The number of nitrogens with one attached hydrogen (secondary N) is 3. The van der Waals surface area contributed by atoms with Gasteiger partial charge in [-0.1, -0.05) is 30.3 Å². The molecule has 6 heteroatoms. The lowest BCUT2D eigenvalue weighted by atomic mass is 10.1. The minimum absolute atomic E-state index is 0.0978. The van der Waals surface area contributed by atoms with Crippen LogP contribution in [0.5, 0.6) is 0 Å². The van der Waals surface area contributed by atoms with Crippen molar-refractivity contribution in [2.75, 3.05) is 11.9 Å². The second kappa shape index (κ2) is 7.44.